The topological polar surface area (TPSA) is 97.5 Å². The second kappa shape index (κ2) is 7.50. The van der Waals surface area contributed by atoms with Crippen LogP contribution in [0.25, 0.3) is 11.0 Å². The number of fused-ring (bicyclic) bond motifs is 1. The lowest BCUT2D eigenvalue weighted by atomic mass is 10.2. The predicted molar refractivity (Wildman–Crippen MR) is 96.3 cm³/mol. The molecule has 2 N–H and O–H groups in total. The van der Waals surface area contributed by atoms with Gasteiger partial charge in [-0.1, -0.05) is 13.8 Å². The summed E-state index contributed by atoms with van der Waals surface area (Å²) >= 11 is 0. The summed E-state index contributed by atoms with van der Waals surface area (Å²) in [6.07, 6.45) is 2.12. The van der Waals surface area contributed by atoms with Crippen molar-refractivity contribution < 1.29 is 9.53 Å². The van der Waals surface area contributed by atoms with Gasteiger partial charge in [-0.2, -0.15) is 0 Å². The van der Waals surface area contributed by atoms with Crippen LogP contribution in [0.4, 0.5) is 16.4 Å². The Morgan fingerprint density at radius 3 is 2.88 bits per heavy atom. The molecule has 2 aromatic rings. The molecule has 1 aliphatic rings. The van der Waals surface area contributed by atoms with Crippen molar-refractivity contribution in [2.75, 3.05) is 43.4 Å². The highest BCUT2D eigenvalue weighted by Gasteiger charge is 2.22. The van der Waals surface area contributed by atoms with Gasteiger partial charge in [0.05, 0.1) is 12.0 Å². The molecule has 0 radical (unpaired) electrons. The van der Waals surface area contributed by atoms with Crippen molar-refractivity contribution in [2.24, 2.45) is 5.92 Å². The number of nitrogens with zero attached hydrogens (tertiary/aromatic N) is 5. The molecular weight excluding hydrogens is 320 g/mol. The van der Waals surface area contributed by atoms with Gasteiger partial charge < -0.3 is 20.3 Å². The molecule has 3 heterocycles. The molecule has 1 aliphatic heterocycles. The summed E-state index contributed by atoms with van der Waals surface area (Å²) in [4.78, 5) is 29.0. The maximum atomic E-state index is 12.2. The second-order valence-electron chi connectivity index (χ2n) is 6.60. The third-order valence-corrected chi connectivity index (χ3v) is 4.09. The first-order chi connectivity index (χ1) is 12.0. The highest BCUT2D eigenvalue weighted by atomic mass is 16.6. The molecule has 8 nitrogen and oxygen atoms in total. The van der Waals surface area contributed by atoms with Crippen LogP contribution in [0.3, 0.4) is 0 Å². The molecule has 0 bridgehead atoms. The molecule has 0 saturated carbocycles. The molecule has 0 aliphatic carbocycles. The Morgan fingerprint density at radius 1 is 1.24 bits per heavy atom. The number of nitrogens with two attached hydrogens (primary N) is 1. The third-order valence-electron chi connectivity index (χ3n) is 4.09. The van der Waals surface area contributed by atoms with E-state index in [0.717, 1.165) is 24.2 Å². The van der Waals surface area contributed by atoms with E-state index < -0.39 is 0 Å². The highest BCUT2D eigenvalue weighted by Crippen LogP contribution is 2.23. The van der Waals surface area contributed by atoms with Gasteiger partial charge in [0.25, 0.3) is 0 Å². The van der Waals surface area contributed by atoms with Crippen molar-refractivity contribution in [3.63, 3.8) is 0 Å². The van der Waals surface area contributed by atoms with Crippen LogP contribution in [-0.2, 0) is 4.74 Å². The van der Waals surface area contributed by atoms with Gasteiger partial charge in [0, 0.05) is 26.2 Å². The van der Waals surface area contributed by atoms with E-state index in [2.05, 4.69) is 19.9 Å². The number of nitrogen functional groups attached to an aromatic ring is 1. The van der Waals surface area contributed by atoms with E-state index in [4.69, 9.17) is 10.5 Å². The van der Waals surface area contributed by atoms with Gasteiger partial charge in [-0.3, -0.25) is 0 Å². The molecule has 0 unspecified atom stereocenters. The number of ether oxygens (including phenoxy) is 1. The molecule has 2 aromatic heterocycles. The summed E-state index contributed by atoms with van der Waals surface area (Å²) in [6.45, 7) is 7.28. The van der Waals surface area contributed by atoms with E-state index >= 15 is 0 Å². The Morgan fingerprint density at radius 2 is 2.08 bits per heavy atom. The third kappa shape index (κ3) is 4.07. The maximum absolute atomic E-state index is 12.2. The molecule has 1 saturated heterocycles. The van der Waals surface area contributed by atoms with Crippen molar-refractivity contribution in [1.29, 1.82) is 0 Å². The molecule has 1 amide bonds. The number of carbonyl (C=O) groups excluding carboxylic acids is 1. The molecule has 25 heavy (non-hydrogen) atoms. The lowest BCUT2D eigenvalue weighted by Crippen LogP contribution is -2.36. The zero-order chi connectivity index (χ0) is 17.8. The molecule has 0 atom stereocenters. The Balaban J connectivity index is 1.72. The van der Waals surface area contributed by atoms with Crippen LogP contribution >= 0.6 is 0 Å². The predicted octanol–water partition coefficient (Wildman–Crippen LogP) is 1.91. The van der Waals surface area contributed by atoms with Gasteiger partial charge in [0.1, 0.15) is 18.0 Å². The van der Waals surface area contributed by atoms with Crippen molar-refractivity contribution in [2.45, 2.75) is 20.3 Å². The van der Waals surface area contributed by atoms with E-state index in [-0.39, 0.29) is 6.09 Å². The first-order valence-electron chi connectivity index (χ1n) is 8.58. The van der Waals surface area contributed by atoms with Gasteiger partial charge in [-0.25, -0.2) is 19.7 Å². The summed E-state index contributed by atoms with van der Waals surface area (Å²) in [6, 6.07) is 3.65. The van der Waals surface area contributed by atoms with E-state index in [1.54, 1.807) is 11.0 Å². The van der Waals surface area contributed by atoms with Crippen LogP contribution in [0.1, 0.15) is 20.3 Å². The Labute approximate surface area is 147 Å². The van der Waals surface area contributed by atoms with Crippen LogP contribution in [0.2, 0.25) is 0 Å². The fourth-order valence-corrected chi connectivity index (χ4v) is 2.84. The van der Waals surface area contributed by atoms with Crippen molar-refractivity contribution >= 4 is 28.8 Å². The summed E-state index contributed by atoms with van der Waals surface area (Å²) in [5.41, 5.74) is 6.32. The number of hydrogen-bond acceptors (Lipinski definition) is 7. The lowest BCUT2D eigenvalue weighted by Gasteiger charge is -2.23. The van der Waals surface area contributed by atoms with Crippen molar-refractivity contribution in [3.05, 3.63) is 18.5 Å². The Bertz CT molecular complexity index is 751. The highest BCUT2D eigenvalue weighted by molar-refractivity contribution is 5.87. The number of rotatable bonds is 3. The van der Waals surface area contributed by atoms with E-state index in [1.165, 1.54) is 6.33 Å². The van der Waals surface area contributed by atoms with Crippen LogP contribution < -0.4 is 10.6 Å². The quantitative estimate of drug-likeness (QED) is 0.908. The minimum Gasteiger partial charge on any atom is -0.449 e. The fourth-order valence-electron chi connectivity index (χ4n) is 2.84. The Hall–Kier alpha value is -2.64. The maximum Gasteiger partial charge on any atom is 0.409 e. The normalized spacial score (nSPS) is 15.5. The second-order valence-corrected chi connectivity index (χ2v) is 6.60. The lowest BCUT2D eigenvalue weighted by molar-refractivity contribution is 0.0943. The first kappa shape index (κ1) is 17.2. The molecule has 0 aromatic carbocycles. The van der Waals surface area contributed by atoms with Gasteiger partial charge >= 0.3 is 6.09 Å². The summed E-state index contributed by atoms with van der Waals surface area (Å²) < 4.78 is 5.34. The van der Waals surface area contributed by atoms with E-state index in [1.807, 2.05) is 19.9 Å². The monoisotopic (exact) mass is 344 g/mol. The number of aromatic nitrogens is 3. The van der Waals surface area contributed by atoms with E-state index in [0.29, 0.717) is 43.6 Å². The average Bonchev–Trinajstić information content (AvgIpc) is 2.85. The van der Waals surface area contributed by atoms with Crippen molar-refractivity contribution in [1.82, 2.24) is 19.9 Å². The molecule has 3 rings (SSSR count). The summed E-state index contributed by atoms with van der Waals surface area (Å²) in [7, 11) is 0. The molecule has 8 heteroatoms. The van der Waals surface area contributed by atoms with Gasteiger partial charge in [0.2, 0.25) is 0 Å². The SMILES string of the molecule is CC(C)COC(=O)N1CCCN(c2ncnc3nc(N)ccc23)CC1. The molecule has 134 valence electrons. The van der Waals surface area contributed by atoms with Crippen LogP contribution in [0.15, 0.2) is 18.5 Å². The number of amides is 1. The number of pyridine rings is 1. The number of carbonyl (C=O) groups is 1. The van der Waals surface area contributed by atoms with Crippen LogP contribution in [0.5, 0.6) is 0 Å². The average molecular weight is 344 g/mol. The largest absolute Gasteiger partial charge is 0.449 e. The van der Waals surface area contributed by atoms with Gasteiger partial charge in [-0.05, 0) is 24.5 Å². The van der Waals surface area contributed by atoms with Gasteiger partial charge in [-0.15, -0.1) is 0 Å². The standard InChI is InChI=1S/C17H24N6O2/c1-12(2)10-25-17(24)23-7-3-6-22(8-9-23)16-13-4-5-14(18)21-15(13)19-11-20-16/h4-5,11-12H,3,6-10H2,1-2H3,(H2,18,19,20,21). The fraction of sp³-hybridized carbons (Fsp3) is 0.529. The molecule has 1 fully saturated rings. The van der Waals surface area contributed by atoms with Gasteiger partial charge in [0.15, 0.2) is 5.65 Å². The molecular formula is C17H24N6O2. The summed E-state index contributed by atoms with van der Waals surface area (Å²) in [5, 5.41) is 0.868. The molecule has 0 spiro atoms. The smallest absolute Gasteiger partial charge is 0.409 e. The van der Waals surface area contributed by atoms with Crippen LogP contribution in [0, 0.1) is 5.92 Å². The zero-order valence-electron chi connectivity index (χ0n) is 14.7. The number of hydrogen-bond donors (Lipinski definition) is 1. The number of anilines is 2. The minimum atomic E-state index is -0.238. The first-order valence-corrected chi connectivity index (χ1v) is 8.58. The summed E-state index contributed by atoms with van der Waals surface area (Å²) in [5.74, 6) is 1.60. The van der Waals surface area contributed by atoms with Crippen molar-refractivity contribution in [3.8, 4) is 0 Å². The zero-order valence-corrected chi connectivity index (χ0v) is 14.7. The minimum absolute atomic E-state index is 0.238. The van der Waals surface area contributed by atoms with E-state index in [9.17, 15) is 4.79 Å². The van der Waals surface area contributed by atoms with Crippen LogP contribution in [-0.4, -0.2) is 58.7 Å². The Kier molecular flexibility index (Phi) is 5.16.